The minimum absolute atomic E-state index is 0.0332. The van der Waals surface area contributed by atoms with Gasteiger partial charge in [-0.15, -0.1) is 0 Å². The van der Waals surface area contributed by atoms with Crippen molar-refractivity contribution in [2.24, 2.45) is 0 Å². The fraction of sp³-hybridized carbons (Fsp3) is 0.571. The molecule has 2 fully saturated rings. The Morgan fingerprint density at radius 2 is 1.93 bits per heavy atom. The van der Waals surface area contributed by atoms with E-state index >= 15 is 0 Å². The van der Waals surface area contributed by atoms with Gasteiger partial charge in [0.2, 0.25) is 10.0 Å². The van der Waals surface area contributed by atoms with Crippen molar-refractivity contribution < 1.29 is 13.2 Å². The van der Waals surface area contributed by atoms with Gasteiger partial charge in [0.05, 0.1) is 36.9 Å². The summed E-state index contributed by atoms with van der Waals surface area (Å²) in [4.78, 5) is 2.20. The molecule has 2 atom stereocenters. The van der Waals surface area contributed by atoms with E-state index in [1.54, 1.807) is 6.20 Å². The van der Waals surface area contributed by atoms with Gasteiger partial charge < -0.3 is 9.64 Å². The van der Waals surface area contributed by atoms with Crippen LogP contribution in [0.3, 0.4) is 0 Å². The van der Waals surface area contributed by atoms with Crippen LogP contribution in [0.25, 0.3) is 0 Å². The lowest BCUT2D eigenvalue weighted by Crippen LogP contribution is -2.48. The van der Waals surface area contributed by atoms with Crippen molar-refractivity contribution in [2.45, 2.75) is 56.2 Å². The predicted molar refractivity (Wildman–Crippen MR) is 113 cm³/mol. The van der Waals surface area contributed by atoms with Crippen LogP contribution < -0.4 is 9.62 Å². The van der Waals surface area contributed by atoms with Crippen molar-refractivity contribution in [2.75, 3.05) is 24.3 Å². The Kier molecular flexibility index (Phi) is 6.22. The third-order valence-electron chi connectivity index (χ3n) is 6.17. The number of sulfonamides is 1. The van der Waals surface area contributed by atoms with Gasteiger partial charge in [-0.05, 0) is 43.6 Å². The maximum Gasteiger partial charge on any atom is 0.209 e. The van der Waals surface area contributed by atoms with Gasteiger partial charge in [0.15, 0.2) is 0 Å². The molecule has 7 nitrogen and oxygen atoms in total. The van der Waals surface area contributed by atoms with E-state index in [-0.39, 0.29) is 18.2 Å². The lowest BCUT2D eigenvalue weighted by molar-refractivity contribution is 0.0157. The number of H-pyrrole nitrogens is 1. The highest BCUT2D eigenvalue weighted by Gasteiger charge is 2.37. The molecule has 2 aromatic rings. The molecule has 1 aromatic heterocycles. The zero-order valence-corrected chi connectivity index (χ0v) is 17.6. The van der Waals surface area contributed by atoms with E-state index < -0.39 is 10.0 Å². The van der Waals surface area contributed by atoms with Crippen LogP contribution in [-0.4, -0.2) is 56.2 Å². The second-order valence-corrected chi connectivity index (χ2v) is 10.0. The number of ether oxygens (including phenoxy) is 1. The fourth-order valence-electron chi connectivity index (χ4n) is 4.72. The zero-order valence-electron chi connectivity index (χ0n) is 16.8. The van der Waals surface area contributed by atoms with Crippen molar-refractivity contribution in [3.05, 3.63) is 48.3 Å². The third kappa shape index (κ3) is 5.18. The summed E-state index contributed by atoms with van der Waals surface area (Å²) >= 11 is 0. The van der Waals surface area contributed by atoms with Gasteiger partial charge in [-0.1, -0.05) is 30.3 Å². The van der Waals surface area contributed by atoms with E-state index in [1.807, 2.05) is 6.20 Å². The maximum absolute atomic E-state index is 11.8. The second-order valence-electron chi connectivity index (χ2n) is 8.22. The highest BCUT2D eigenvalue weighted by molar-refractivity contribution is 7.88. The lowest BCUT2D eigenvalue weighted by Gasteiger charge is -2.33. The highest BCUT2D eigenvalue weighted by atomic mass is 32.2. The van der Waals surface area contributed by atoms with Crippen LogP contribution in [0, 0.1) is 0 Å². The van der Waals surface area contributed by atoms with Gasteiger partial charge in [-0.25, -0.2) is 13.1 Å². The monoisotopic (exact) mass is 418 g/mol. The molecule has 2 aliphatic rings. The van der Waals surface area contributed by atoms with E-state index in [4.69, 9.17) is 4.74 Å². The Bertz CT molecular complexity index is 865. The van der Waals surface area contributed by atoms with Crippen LogP contribution in [0.5, 0.6) is 0 Å². The van der Waals surface area contributed by atoms with E-state index in [0.29, 0.717) is 12.5 Å². The Labute approximate surface area is 172 Å². The molecule has 158 valence electrons. The number of nitrogens with zero attached hydrogens (tertiary/aromatic N) is 2. The molecule has 2 heterocycles. The van der Waals surface area contributed by atoms with Gasteiger partial charge in [0, 0.05) is 18.8 Å². The summed E-state index contributed by atoms with van der Waals surface area (Å²) in [5.41, 5.74) is 2.40. The first kappa shape index (κ1) is 20.4. The SMILES string of the molecule is CS(=O)(=O)N[C@H]1CCN(c2cn[nH]c2)[C@H]1COC1CCC(c2ccccc2)CC1. The number of benzene rings is 1. The number of hydrogen-bond acceptors (Lipinski definition) is 5. The van der Waals surface area contributed by atoms with Crippen LogP contribution in [0.2, 0.25) is 0 Å². The number of aromatic nitrogens is 2. The van der Waals surface area contributed by atoms with E-state index in [0.717, 1.165) is 44.3 Å². The predicted octanol–water partition coefficient (Wildman–Crippen LogP) is 2.65. The summed E-state index contributed by atoms with van der Waals surface area (Å²) in [5, 5.41) is 6.89. The number of nitrogens with one attached hydrogen (secondary N) is 2. The molecular weight excluding hydrogens is 388 g/mol. The molecule has 0 radical (unpaired) electrons. The van der Waals surface area contributed by atoms with Gasteiger partial charge in [-0.3, -0.25) is 5.10 Å². The van der Waals surface area contributed by atoms with Crippen molar-refractivity contribution in [3.8, 4) is 0 Å². The average Bonchev–Trinajstić information content (AvgIpc) is 3.36. The van der Waals surface area contributed by atoms with Crippen LogP contribution >= 0.6 is 0 Å². The second kappa shape index (κ2) is 8.85. The topological polar surface area (TPSA) is 87.3 Å². The Morgan fingerprint density at radius 3 is 2.59 bits per heavy atom. The Morgan fingerprint density at radius 1 is 1.17 bits per heavy atom. The molecule has 8 heteroatoms. The van der Waals surface area contributed by atoms with Crippen molar-refractivity contribution >= 4 is 15.7 Å². The molecule has 0 spiro atoms. The first-order chi connectivity index (χ1) is 14.0. The minimum atomic E-state index is -3.27. The molecule has 1 saturated carbocycles. The first-order valence-electron chi connectivity index (χ1n) is 10.4. The summed E-state index contributed by atoms with van der Waals surface area (Å²) in [6, 6.07) is 10.5. The third-order valence-corrected chi connectivity index (χ3v) is 6.91. The quantitative estimate of drug-likeness (QED) is 0.722. The molecule has 1 aliphatic heterocycles. The van der Waals surface area contributed by atoms with Crippen molar-refractivity contribution in [3.63, 3.8) is 0 Å². The van der Waals surface area contributed by atoms with Gasteiger partial charge >= 0.3 is 0 Å². The van der Waals surface area contributed by atoms with E-state index in [9.17, 15) is 8.42 Å². The molecule has 0 unspecified atom stereocenters. The maximum atomic E-state index is 11.8. The Hall–Kier alpha value is -1.90. The number of anilines is 1. The summed E-state index contributed by atoms with van der Waals surface area (Å²) in [6.07, 6.45) is 10.2. The normalized spacial score (nSPS) is 28.0. The number of hydrogen-bond donors (Lipinski definition) is 2. The molecule has 29 heavy (non-hydrogen) atoms. The minimum Gasteiger partial charge on any atom is -0.376 e. The lowest BCUT2D eigenvalue weighted by atomic mass is 9.83. The number of rotatable bonds is 7. The van der Waals surface area contributed by atoms with Gasteiger partial charge in [-0.2, -0.15) is 5.10 Å². The summed E-state index contributed by atoms with van der Waals surface area (Å²) < 4.78 is 32.7. The first-order valence-corrected chi connectivity index (χ1v) is 12.3. The van der Waals surface area contributed by atoms with E-state index in [1.165, 1.54) is 11.8 Å². The largest absolute Gasteiger partial charge is 0.376 e. The molecule has 4 rings (SSSR count). The smallest absolute Gasteiger partial charge is 0.209 e. The zero-order chi connectivity index (χ0) is 20.3. The molecule has 1 aliphatic carbocycles. The van der Waals surface area contributed by atoms with Gasteiger partial charge in [0.25, 0.3) is 0 Å². The molecule has 0 amide bonds. The van der Waals surface area contributed by atoms with Crippen molar-refractivity contribution in [1.29, 1.82) is 0 Å². The van der Waals surface area contributed by atoms with E-state index in [2.05, 4.69) is 50.2 Å². The highest BCUT2D eigenvalue weighted by Crippen LogP contribution is 2.34. The fourth-order valence-corrected chi connectivity index (χ4v) is 5.54. The Balaban J connectivity index is 1.36. The summed E-state index contributed by atoms with van der Waals surface area (Å²) in [6.45, 7) is 1.29. The van der Waals surface area contributed by atoms with Gasteiger partial charge in [0.1, 0.15) is 0 Å². The van der Waals surface area contributed by atoms with Crippen LogP contribution in [-0.2, 0) is 14.8 Å². The molecule has 0 bridgehead atoms. The van der Waals surface area contributed by atoms with Crippen molar-refractivity contribution in [1.82, 2.24) is 14.9 Å². The molecular formula is C21H30N4O3S. The molecule has 2 N–H and O–H groups in total. The van der Waals surface area contributed by atoms with Crippen LogP contribution in [0.1, 0.15) is 43.6 Å². The molecule has 1 aromatic carbocycles. The van der Waals surface area contributed by atoms with Crippen LogP contribution in [0.4, 0.5) is 5.69 Å². The summed E-state index contributed by atoms with van der Waals surface area (Å²) in [7, 11) is -3.27. The average molecular weight is 419 g/mol. The molecule has 1 saturated heterocycles. The summed E-state index contributed by atoms with van der Waals surface area (Å²) in [5.74, 6) is 0.615. The number of aromatic amines is 1. The standard InChI is InChI=1S/C21H30N4O3S/c1-29(26,27)24-20-11-12-25(18-13-22-23-14-18)21(20)15-28-19-9-7-17(8-10-19)16-5-3-2-4-6-16/h2-6,13-14,17,19-21,24H,7-12,15H2,1H3,(H,22,23)/t17?,19?,20-,21-/m0/s1. The van der Waals surface area contributed by atoms with Crippen LogP contribution in [0.15, 0.2) is 42.7 Å².